The van der Waals surface area contributed by atoms with Crippen molar-refractivity contribution >= 4 is 11.8 Å². The van der Waals surface area contributed by atoms with E-state index < -0.39 is 0 Å². The summed E-state index contributed by atoms with van der Waals surface area (Å²) in [5.41, 5.74) is 1.24. The zero-order valence-corrected chi connectivity index (χ0v) is 11.1. The Bertz CT molecular complexity index is 486. The van der Waals surface area contributed by atoms with Crippen LogP contribution in [0.2, 0.25) is 0 Å². The third-order valence-corrected chi connectivity index (χ3v) is 3.49. The first kappa shape index (κ1) is 12.9. The highest BCUT2D eigenvalue weighted by Gasteiger charge is 2.09. The molecule has 1 aromatic carbocycles. The third kappa shape index (κ3) is 3.24. The molecule has 0 unspecified atom stereocenters. The molecule has 0 bridgehead atoms. The van der Waals surface area contributed by atoms with Crippen LogP contribution < -0.4 is 5.84 Å². The van der Waals surface area contributed by atoms with E-state index in [4.69, 9.17) is 10.6 Å². The lowest BCUT2D eigenvalue weighted by atomic mass is 10.2. The monoisotopic (exact) mass is 264 g/mol. The van der Waals surface area contributed by atoms with Crippen LogP contribution in [0.5, 0.6) is 0 Å². The van der Waals surface area contributed by atoms with Crippen molar-refractivity contribution in [2.24, 2.45) is 0 Å². The number of methoxy groups -OCH3 is 1. The number of nitrogen functional groups attached to an aromatic ring is 1. The number of nitrogens with zero attached hydrogens (tertiary/aromatic N) is 3. The Hall–Kier alpha value is -1.53. The molecule has 1 aromatic heterocycles. The first-order valence-electron chi connectivity index (χ1n) is 5.66. The third-order valence-electron chi connectivity index (χ3n) is 2.48. The van der Waals surface area contributed by atoms with Gasteiger partial charge in [-0.15, -0.1) is 10.2 Å². The zero-order valence-electron chi connectivity index (χ0n) is 10.2. The van der Waals surface area contributed by atoms with Gasteiger partial charge in [0, 0.05) is 19.3 Å². The second-order valence-corrected chi connectivity index (χ2v) is 4.73. The average Bonchev–Trinajstić information content (AvgIpc) is 2.76. The van der Waals surface area contributed by atoms with Gasteiger partial charge in [-0.25, -0.2) is 4.68 Å². The lowest BCUT2D eigenvalue weighted by Crippen LogP contribution is -2.15. The normalized spacial score (nSPS) is 10.7. The number of rotatable bonds is 6. The predicted octanol–water partition coefficient (Wildman–Crippen LogP) is 1.47. The number of nitrogens with two attached hydrogens (primary N) is 1. The molecule has 0 spiro atoms. The van der Waals surface area contributed by atoms with Gasteiger partial charge in [0.25, 0.3) is 0 Å². The Morgan fingerprint density at radius 2 is 2.06 bits per heavy atom. The molecule has 0 amide bonds. The summed E-state index contributed by atoms with van der Waals surface area (Å²) in [7, 11) is 1.66. The molecule has 0 saturated heterocycles. The minimum Gasteiger partial charge on any atom is -0.384 e. The summed E-state index contributed by atoms with van der Waals surface area (Å²) in [6, 6.07) is 10.2. The summed E-state index contributed by atoms with van der Waals surface area (Å²) in [5.74, 6) is 7.50. The van der Waals surface area contributed by atoms with Crippen molar-refractivity contribution in [3.05, 3.63) is 41.7 Å². The predicted molar refractivity (Wildman–Crippen MR) is 71.8 cm³/mol. The molecular weight excluding hydrogens is 248 g/mol. The van der Waals surface area contributed by atoms with Gasteiger partial charge in [0.1, 0.15) is 0 Å². The van der Waals surface area contributed by atoms with E-state index in [0.29, 0.717) is 13.0 Å². The van der Waals surface area contributed by atoms with E-state index >= 15 is 0 Å². The molecule has 0 aliphatic carbocycles. The van der Waals surface area contributed by atoms with Gasteiger partial charge >= 0.3 is 0 Å². The molecular formula is C12H16N4OS. The SMILES string of the molecule is COCCc1nnc(SCc2ccccc2)n1N. The van der Waals surface area contributed by atoms with Crippen molar-refractivity contribution in [3.63, 3.8) is 0 Å². The van der Waals surface area contributed by atoms with Gasteiger partial charge in [0.15, 0.2) is 5.82 Å². The number of ether oxygens (including phenoxy) is 1. The van der Waals surface area contributed by atoms with E-state index in [1.54, 1.807) is 18.9 Å². The van der Waals surface area contributed by atoms with Crippen LogP contribution in [-0.4, -0.2) is 28.6 Å². The molecule has 0 atom stereocenters. The Labute approximate surface area is 110 Å². The zero-order chi connectivity index (χ0) is 12.8. The van der Waals surface area contributed by atoms with Crippen LogP contribution >= 0.6 is 11.8 Å². The number of thioether (sulfide) groups is 1. The Kier molecular flexibility index (Phi) is 4.60. The number of aromatic nitrogens is 3. The van der Waals surface area contributed by atoms with E-state index in [0.717, 1.165) is 16.7 Å². The average molecular weight is 264 g/mol. The van der Waals surface area contributed by atoms with Crippen molar-refractivity contribution in [3.8, 4) is 0 Å². The summed E-state index contributed by atoms with van der Waals surface area (Å²) in [6.45, 7) is 0.596. The van der Waals surface area contributed by atoms with Crippen LogP contribution in [0.4, 0.5) is 0 Å². The first-order chi connectivity index (χ1) is 8.81. The molecule has 2 N–H and O–H groups in total. The standard InChI is InChI=1S/C12H16N4OS/c1-17-8-7-11-14-15-12(16(11)13)18-9-10-5-3-2-4-6-10/h2-6H,7-9,13H2,1H3. The fourth-order valence-electron chi connectivity index (χ4n) is 1.49. The molecule has 0 radical (unpaired) electrons. The van der Waals surface area contributed by atoms with Crippen LogP contribution in [-0.2, 0) is 16.9 Å². The van der Waals surface area contributed by atoms with E-state index in [9.17, 15) is 0 Å². The van der Waals surface area contributed by atoms with E-state index in [1.165, 1.54) is 10.2 Å². The highest BCUT2D eigenvalue weighted by Crippen LogP contribution is 2.20. The van der Waals surface area contributed by atoms with Crippen molar-refractivity contribution in [1.29, 1.82) is 0 Å². The summed E-state index contributed by atoms with van der Waals surface area (Å²) >= 11 is 1.58. The fraction of sp³-hybridized carbons (Fsp3) is 0.333. The number of hydrogen-bond donors (Lipinski definition) is 1. The van der Waals surface area contributed by atoms with E-state index in [-0.39, 0.29) is 0 Å². The highest BCUT2D eigenvalue weighted by molar-refractivity contribution is 7.98. The van der Waals surface area contributed by atoms with E-state index in [1.807, 2.05) is 18.2 Å². The largest absolute Gasteiger partial charge is 0.384 e. The molecule has 0 aliphatic rings. The van der Waals surface area contributed by atoms with Crippen LogP contribution in [0.3, 0.4) is 0 Å². The summed E-state index contributed by atoms with van der Waals surface area (Å²) in [5, 5.41) is 8.86. The van der Waals surface area contributed by atoms with Crippen molar-refractivity contribution in [2.45, 2.75) is 17.3 Å². The number of benzene rings is 1. The Morgan fingerprint density at radius 3 is 2.78 bits per heavy atom. The fourth-order valence-corrected chi connectivity index (χ4v) is 2.32. The van der Waals surface area contributed by atoms with Gasteiger partial charge in [-0.05, 0) is 5.56 Å². The molecule has 6 heteroatoms. The summed E-state index contributed by atoms with van der Waals surface area (Å²) in [6.07, 6.45) is 0.673. The number of hydrogen-bond acceptors (Lipinski definition) is 5. The maximum Gasteiger partial charge on any atom is 0.210 e. The molecule has 0 fully saturated rings. The second-order valence-electron chi connectivity index (χ2n) is 3.79. The maximum absolute atomic E-state index is 5.92. The quantitative estimate of drug-likeness (QED) is 0.632. The Balaban J connectivity index is 1.95. The minimum atomic E-state index is 0.596. The molecule has 0 saturated carbocycles. The molecule has 2 rings (SSSR count). The molecule has 96 valence electrons. The van der Waals surface area contributed by atoms with Crippen LogP contribution in [0.15, 0.2) is 35.5 Å². The van der Waals surface area contributed by atoms with Gasteiger partial charge in [0.2, 0.25) is 5.16 Å². The van der Waals surface area contributed by atoms with Gasteiger partial charge < -0.3 is 10.6 Å². The molecule has 5 nitrogen and oxygen atoms in total. The lowest BCUT2D eigenvalue weighted by Gasteiger charge is -2.03. The van der Waals surface area contributed by atoms with E-state index in [2.05, 4.69) is 22.3 Å². The minimum absolute atomic E-state index is 0.596. The molecule has 2 aromatic rings. The lowest BCUT2D eigenvalue weighted by molar-refractivity contribution is 0.200. The second kappa shape index (κ2) is 6.42. The van der Waals surface area contributed by atoms with Crippen LogP contribution in [0.1, 0.15) is 11.4 Å². The Morgan fingerprint density at radius 1 is 1.28 bits per heavy atom. The van der Waals surface area contributed by atoms with Crippen molar-refractivity contribution in [2.75, 3.05) is 19.6 Å². The summed E-state index contributed by atoms with van der Waals surface area (Å²) in [4.78, 5) is 0. The molecule has 1 heterocycles. The molecule has 18 heavy (non-hydrogen) atoms. The maximum atomic E-state index is 5.92. The first-order valence-corrected chi connectivity index (χ1v) is 6.65. The van der Waals surface area contributed by atoms with Gasteiger partial charge in [-0.3, -0.25) is 0 Å². The summed E-state index contributed by atoms with van der Waals surface area (Å²) < 4.78 is 6.53. The highest BCUT2D eigenvalue weighted by atomic mass is 32.2. The smallest absolute Gasteiger partial charge is 0.210 e. The van der Waals surface area contributed by atoms with Gasteiger partial charge in [-0.2, -0.15) is 0 Å². The van der Waals surface area contributed by atoms with Crippen molar-refractivity contribution < 1.29 is 4.74 Å². The van der Waals surface area contributed by atoms with Gasteiger partial charge in [0.05, 0.1) is 6.61 Å². The topological polar surface area (TPSA) is 66.0 Å². The van der Waals surface area contributed by atoms with Crippen LogP contribution in [0.25, 0.3) is 0 Å². The van der Waals surface area contributed by atoms with Crippen LogP contribution in [0, 0.1) is 0 Å². The van der Waals surface area contributed by atoms with Crippen molar-refractivity contribution in [1.82, 2.24) is 14.9 Å². The van der Waals surface area contributed by atoms with Gasteiger partial charge in [-0.1, -0.05) is 42.1 Å². The molecule has 0 aliphatic heterocycles.